The van der Waals surface area contributed by atoms with Gasteiger partial charge < -0.3 is 31.2 Å². The number of likely N-dealkylation sites (tertiary alicyclic amines) is 1. The van der Waals surface area contributed by atoms with Crippen molar-refractivity contribution in [2.75, 3.05) is 25.4 Å². The van der Waals surface area contributed by atoms with Gasteiger partial charge in [-0.3, -0.25) is 4.79 Å². The summed E-state index contributed by atoms with van der Waals surface area (Å²) in [6.07, 6.45) is 3.89. The van der Waals surface area contributed by atoms with E-state index >= 15 is 0 Å². The summed E-state index contributed by atoms with van der Waals surface area (Å²) in [5.41, 5.74) is 14.7. The third kappa shape index (κ3) is 3.22. The lowest BCUT2D eigenvalue weighted by Gasteiger charge is -2.49. The number of hydrogen-bond acceptors (Lipinski definition) is 5. The minimum atomic E-state index is -0.414. The molecule has 1 aromatic heterocycles. The largest absolute Gasteiger partial charge is 0.507 e. The van der Waals surface area contributed by atoms with E-state index in [1.807, 2.05) is 6.07 Å². The van der Waals surface area contributed by atoms with Gasteiger partial charge in [-0.25, -0.2) is 0 Å². The highest BCUT2D eigenvalue weighted by Crippen LogP contribution is 2.49. The van der Waals surface area contributed by atoms with Crippen LogP contribution in [-0.2, 0) is 9.53 Å². The Bertz CT molecular complexity index is 1010. The number of anilines is 1. The average molecular weight is 459 g/mol. The lowest BCUT2D eigenvalue weighted by atomic mass is 9.79. The molecule has 1 amide bonds. The van der Waals surface area contributed by atoms with E-state index in [1.165, 1.54) is 6.08 Å². The molecule has 0 radical (unpaired) electrons. The van der Waals surface area contributed by atoms with Crippen molar-refractivity contribution >= 4 is 39.4 Å². The number of rotatable bonds is 4. The van der Waals surface area contributed by atoms with E-state index in [9.17, 15) is 9.90 Å². The molecule has 4 rings (SSSR count). The number of benzene rings is 1. The first-order chi connectivity index (χ1) is 13.9. The quantitative estimate of drug-likeness (QED) is 0.525. The van der Waals surface area contributed by atoms with Crippen molar-refractivity contribution < 1.29 is 14.6 Å². The van der Waals surface area contributed by atoms with Gasteiger partial charge in [0, 0.05) is 39.5 Å². The van der Waals surface area contributed by atoms with Crippen molar-refractivity contribution in [3.8, 4) is 5.75 Å². The highest BCUT2D eigenvalue weighted by molar-refractivity contribution is 9.10. The second-order valence-electron chi connectivity index (χ2n) is 7.45. The van der Waals surface area contributed by atoms with Crippen molar-refractivity contribution in [2.45, 2.75) is 17.9 Å². The Balaban J connectivity index is 1.64. The van der Waals surface area contributed by atoms with Crippen LogP contribution in [0.15, 0.2) is 41.4 Å². The number of amides is 1. The minimum absolute atomic E-state index is 0.0709. The van der Waals surface area contributed by atoms with Crippen LogP contribution in [0.5, 0.6) is 5.75 Å². The van der Waals surface area contributed by atoms with Crippen molar-refractivity contribution in [1.82, 2.24) is 9.88 Å². The van der Waals surface area contributed by atoms with Gasteiger partial charge in [-0.2, -0.15) is 0 Å². The van der Waals surface area contributed by atoms with Gasteiger partial charge in [-0.1, -0.05) is 18.7 Å². The summed E-state index contributed by atoms with van der Waals surface area (Å²) in [5.74, 6) is 0.567. The Morgan fingerprint density at radius 1 is 1.41 bits per heavy atom. The van der Waals surface area contributed by atoms with Crippen molar-refractivity contribution in [1.29, 1.82) is 0 Å². The summed E-state index contributed by atoms with van der Waals surface area (Å²) in [6, 6.07) is 6.88. The molecule has 2 aliphatic rings. The van der Waals surface area contributed by atoms with Crippen LogP contribution in [0, 0.1) is 0 Å². The van der Waals surface area contributed by atoms with Crippen LogP contribution in [0.25, 0.3) is 11.8 Å². The fourth-order valence-electron chi connectivity index (χ4n) is 4.21. The van der Waals surface area contributed by atoms with Crippen LogP contribution >= 0.6 is 15.9 Å². The smallest absolute Gasteiger partial charge is 0.246 e. The zero-order valence-electron chi connectivity index (χ0n) is 15.8. The lowest BCUT2D eigenvalue weighted by Crippen LogP contribution is -2.65. The molecule has 6 N–H and O–H groups in total. The normalized spacial score (nSPS) is 20.7. The SMILES string of the molecule is C=CC(=O)N1CC2(C1)OCCC2c1[nH]c(N)c(/C=C(\N)c2ccccc2O)c1Br. The summed E-state index contributed by atoms with van der Waals surface area (Å²) < 4.78 is 6.87. The molecule has 1 spiro atoms. The van der Waals surface area contributed by atoms with Crippen LogP contribution in [0.2, 0.25) is 0 Å². The molecule has 152 valence electrons. The van der Waals surface area contributed by atoms with Gasteiger partial charge in [0.05, 0.1) is 13.1 Å². The van der Waals surface area contributed by atoms with Gasteiger partial charge in [0.2, 0.25) is 5.91 Å². The first kappa shape index (κ1) is 19.6. The fraction of sp³-hybridized carbons (Fsp3) is 0.286. The van der Waals surface area contributed by atoms with E-state index in [1.54, 1.807) is 29.2 Å². The van der Waals surface area contributed by atoms with E-state index < -0.39 is 5.60 Å². The Kier molecular flexibility index (Phi) is 4.92. The number of aromatic nitrogens is 1. The summed E-state index contributed by atoms with van der Waals surface area (Å²) in [6.45, 7) is 5.22. The molecule has 29 heavy (non-hydrogen) atoms. The number of ether oxygens (including phenoxy) is 1. The summed E-state index contributed by atoms with van der Waals surface area (Å²) in [7, 11) is 0. The number of carbonyl (C=O) groups excluding carboxylic acids is 1. The van der Waals surface area contributed by atoms with E-state index in [-0.39, 0.29) is 17.6 Å². The molecular formula is C21H23BrN4O3. The van der Waals surface area contributed by atoms with Gasteiger partial charge in [0.1, 0.15) is 17.2 Å². The number of H-pyrrole nitrogens is 1. The van der Waals surface area contributed by atoms with Gasteiger partial charge in [-0.15, -0.1) is 0 Å². The molecular weight excluding hydrogens is 436 g/mol. The number of carbonyl (C=O) groups is 1. The lowest BCUT2D eigenvalue weighted by molar-refractivity contribution is -0.155. The molecule has 2 fully saturated rings. The summed E-state index contributed by atoms with van der Waals surface area (Å²) in [4.78, 5) is 16.9. The molecule has 1 atom stereocenters. The topological polar surface area (TPSA) is 118 Å². The van der Waals surface area contributed by atoms with Gasteiger partial charge in [0.15, 0.2) is 0 Å². The average Bonchev–Trinajstić information content (AvgIpc) is 3.23. The Labute approximate surface area is 177 Å². The molecule has 2 saturated heterocycles. The van der Waals surface area contributed by atoms with Crippen LogP contribution < -0.4 is 11.5 Å². The number of phenolic OH excluding ortho intramolecular Hbond substituents is 1. The number of nitrogens with one attached hydrogen (secondary N) is 1. The predicted molar refractivity (Wildman–Crippen MR) is 116 cm³/mol. The maximum absolute atomic E-state index is 11.9. The van der Waals surface area contributed by atoms with Gasteiger partial charge >= 0.3 is 0 Å². The molecule has 1 unspecified atom stereocenters. The van der Waals surface area contributed by atoms with Crippen LogP contribution in [-0.4, -0.2) is 46.2 Å². The van der Waals surface area contributed by atoms with E-state index in [4.69, 9.17) is 16.2 Å². The highest BCUT2D eigenvalue weighted by atomic mass is 79.9. The van der Waals surface area contributed by atoms with E-state index in [0.717, 1.165) is 22.2 Å². The molecule has 3 heterocycles. The third-order valence-corrected chi connectivity index (χ3v) is 6.58. The van der Waals surface area contributed by atoms with Crippen molar-refractivity contribution in [3.63, 3.8) is 0 Å². The number of hydrogen-bond donors (Lipinski definition) is 4. The Hall–Kier alpha value is -2.71. The zero-order chi connectivity index (χ0) is 20.8. The number of aromatic hydroxyl groups is 1. The van der Waals surface area contributed by atoms with E-state index in [2.05, 4.69) is 27.5 Å². The number of nitrogen functional groups attached to an aromatic ring is 1. The number of nitrogens with zero attached hydrogens (tertiary/aromatic N) is 1. The molecule has 0 saturated carbocycles. The molecule has 1 aromatic carbocycles. The number of para-hydroxylation sites is 1. The molecule has 0 aliphatic carbocycles. The van der Waals surface area contributed by atoms with Crippen molar-refractivity contribution in [2.24, 2.45) is 5.73 Å². The molecule has 7 nitrogen and oxygen atoms in total. The Morgan fingerprint density at radius 3 is 2.83 bits per heavy atom. The minimum Gasteiger partial charge on any atom is -0.507 e. The first-order valence-corrected chi connectivity index (χ1v) is 10.1. The van der Waals surface area contributed by atoms with Crippen molar-refractivity contribution in [3.05, 3.63) is 58.2 Å². The molecule has 2 aliphatic heterocycles. The third-order valence-electron chi connectivity index (χ3n) is 5.73. The highest BCUT2D eigenvalue weighted by Gasteiger charge is 2.55. The number of nitrogens with two attached hydrogens (primary N) is 2. The maximum atomic E-state index is 11.9. The molecule has 2 aromatic rings. The van der Waals surface area contributed by atoms with Gasteiger partial charge in [-0.05, 0) is 46.6 Å². The van der Waals surface area contributed by atoms with Crippen LogP contribution in [0.4, 0.5) is 5.82 Å². The monoisotopic (exact) mass is 458 g/mol. The van der Waals surface area contributed by atoms with Crippen LogP contribution in [0.1, 0.15) is 29.2 Å². The number of aromatic amines is 1. The maximum Gasteiger partial charge on any atom is 0.246 e. The first-order valence-electron chi connectivity index (χ1n) is 9.34. The standard InChI is InChI=1S/C21H23BrN4O3/c1-2-17(28)26-10-21(11-26)14(7-8-29-21)19-18(22)13(20(24)25-19)9-15(23)12-5-3-4-6-16(12)27/h2-6,9,14,25,27H,1,7-8,10-11,23-24H2/b15-9-. The molecule has 8 heteroatoms. The fourth-order valence-corrected chi connectivity index (χ4v) is 4.91. The number of phenols is 1. The van der Waals surface area contributed by atoms with Crippen LogP contribution in [0.3, 0.4) is 0 Å². The number of halogens is 1. The predicted octanol–water partition coefficient (Wildman–Crippen LogP) is 2.79. The molecule has 0 bridgehead atoms. The zero-order valence-corrected chi connectivity index (χ0v) is 17.4. The second kappa shape index (κ2) is 7.27. The Morgan fingerprint density at radius 2 is 2.14 bits per heavy atom. The second-order valence-corrected chi connectivity index (χ2v) is 8.24. The summed E-state index contributed by atoms with van der Waals surface area (Å²) in [5, 5.41) is 10.0. The summed E-state index contributed by atoms with van der Waals surface area (Å²) >= 11 is 3.67. The van der Waals surface area contributed by atoms with E-state index in [0.29, 0.717) is 36.8 Å². The van der Waals surface area contributed by atoms with Gasteiger partial charge in [0.25, 0.3) is 0 Å².